The molecule has 6 rings (SSSR count). The quantitative estimate of drug-likeness (QED) is 0.743. The lowest BCUT2D eigenvalue weighted by Gasteiger charge is -2.61. The van der Waals surface area contributed by atoms with E-state index in [4.69, 9.17) is 9.47 Å². The number of H-pyrrole nitrogens is 1. The van der Waals surface area contributed by atoms with E-state index in [1.54, 1.807) is 14.0 Å². The van der Waals surface area contributed by atoms with E-state index < -0.39 is 5.41 Å². The first-order valence-electron chi connectivity index (χ1n) is 11.5. The molecule has 0 spiro atoms. The van der Waals surface area contributed by atoms with Crippen molar-refractivity contribution < 1.29 is 19.1 Å². The number of aromatic nitrogens is 1. The first-order valence-corrected chi connectivity index (χ1v) is 11.5. The van der Waals surface area contributed by atoms with Gasteiger partial charge < -0.3 is 14.5 Å². The average Bonchev–Trinajstić information content (AvgIpc) is 3.09. The third-order valence-electron chi connectivity index (χ3n) is 8.22. The number of carbonyl (C=O) groups excluding carboxylic acids is 2. The number of rotatable bonds is 5. The summed E-state index contributed by atoms with van der Waals surface area (Å²) in [5.74, 6) is 1.61. The molecule has 4 heterocycles. The Morgan fingerprint density at radius 3 is 2.77 bits per heavy atom. The lowest BCUT2D eigenvalue weighted by atomic mass is 9.54. The molecule has 1 N–H and O–H groups in total. The number of fused-ring (bicyclic) bond motifs is 4. The zero-order valence-electron chi connectivity index (χ0n) is 18.9. The summed E-state index contributed by atoms with van der Waals surface area (Å²) in [6.45, 7) is 4.77. The molecule has 1 aromatic carbocycles. The van der Waals surface area contributed by atoms with E-state index in [-0.39, 0.29) is 23.8 Å². The average molecular weight is 425 g/mol. The molecule has 3 aliphatic heterocycles. The summed E-state index contributed by atoms with van der Waals surface area (Å²) in [7, 11) is 3.18. The van der Waals surface area contributed by atoms with Gasteiger partial charge in [-0.15, -0.1) is 0 Å². The summed E-state index contributed by atoms with van der Waals surface area (Å²) in [5.41, 5.74) is 2.54. The molecule has 4 aliphatic rings. The maximum atomic E-state index is 13.6. The Balaban J connectivity index is 1.74. The van der Waals surface area contributed by atoms with Gasteiger partial charge in [-0.1, -0.05) is 13.3 Å². The number of hydrogen-bond donors (Lipinski definition) is 1. The molecule has 3 fully saturated rings. The molecule has 6 atom stereocenters. The molecule has 1 aliphatic carbocycles. The number of aromatic amines is 1. The molecule has 1 saturated carbocycles. The van der Waals surface area contributed by atoms with Gasteiger partial charge in [0.2, 0.25) is 0 Å². The van der Waals surface area contributed by atoms with E-state index in [9.17, 15) is 9.59 Å². The molecule has 0 radical (unpaired) electrons. The predicted octanol–water partition coefficient (Wildman–Crippen LogP) is 3.61. The number of ketones is 1. The molecule has 2 aromatic rings. The molecule has 1 aromatic heterocycles. The third kappa shape index (κ3) is 2.80. The second-order valence-corrected chi connectivity index (χ2v) is 9.63. The van der Waals surface area contributed by atoms with Crippen LogP contribution in [0.15, 0.2) is 18.2 Å². The Hall–Kier alpha value is -2.34. The van der Waals surface area contributed by atoms with E-state index in [1.165, 1.54) is 12.7 Å². The van der Waals surface area contributed by atoms with Gasteiger partial charge >= 0.3 is 5.97 Å². The van der Waals surface area contributed by atoms with Gasteiger partial charge in [-0.2, -0.15) is 0 Å². The largest absolute Gasteiger partial charge is 0.497 e. The molecule has 6 heteroatoms. The van der Waals surface area contributed by atoms with Crippen molar-refractivity contribution in [3.63, 3.8) is 0 Å². The second kappa shape index (κ2) is 7.37. The Bertz CT molecular complexity index is 1040. The van der Waals surface area contributed by atoms with Crippen LogP contribution in [0.4, 0.5) is 0 Å². The standard InChI is InChI=1S/C25H32N2O4/c1-5-15-11-16-13-25(24(29)31-4)22-19(18-7-6-17(30-3)12-20(18)26-22)8-9-27(23(15)25)21(16)10-14(2)28/h6-7,12,15-16,21,23,26H,5,8-11,13H2,1-4H3/t15-,16+,21+,23-,25+/m0/s1. The van der Waals surface area contributed by atoms with E-state index in [0.29, 0.717) is 18.3 Å². The van der Waals surface area contributed by atoms with Gasteiger partial charge in [0.05, 0.1) is 14.2 Å². The van der Waals surface area contributed by atoms with Crippen LogP contribution in [0, 0.1) is 11.8 Å². The summed E-state index contributed by atoms with van der Waals surface area (Å²) in [6, 6.07) is 6.37. The van der Waals surface area contributed by atoms with E-state index in [2.05, 4.69) is 22.9 Å². The second-order valence-electron chi connectivity index (χ2n) is 9.63. The van der Waals surface area contributed by atoms with Crippen molar-refractivity contribution in [3.8, 4) is 5.75 Å². The Kier molecular flexibility index (Phi) is 4.88. The number of piperidine rings is 2. The van der Waals surface area contributed by atoms with Crippen molar-refractivity contribution in [2.45, 2.75) is 63.5 Å². The molecule has 1 unspecified atom stereocenters. The van der Waals surface area contributed by atoms with Crippen LogP contribution in [0.2, 0.25) is 0 Å². The summed E-state index contributed by atoms with van der Waals surface area (Å²) in [5, 5.41) is 1.15. The summed E-state index contributed by atoms with van der Waals surface area (Å²) >= 11 is 0. The Labute approximate surface area is 183 Å². The molecule has 6 nitrogen and oxygen atoms in total. The molecule has 166 valence electrons. The van der Waals surface area contributed by atoms with Crippen molar-refractivity contribution in [3.05, 3.63) is 29.5 Å². The molecule has 0 amide bonds. The van der Waals surface area contributed by atoms with Crippen molar-refractivity contribution in [2.75, 3.05) is 20.8 Å². The first-order chi connectivity index (χ1) is 14.9. The van der Waals surface area contributed by atoms with Crippen molar-refractivity contribution in [1.29, 1.82) is 0 Å². The highest BCUT2D eigenvalue weighted by molar-refractivity contribution is 5.92. The smallest absolute Gasteiger partial charge is 0.319 e. The van der Waals surface area contributed by atoms with Crippen molar-refractivity contribution in [1.82, 2.24) is 9.88 Å². The monoisotopic (exact) mass is 424 g/mol. The minimum Gasteiger partial charge on any atom is -0.497 e. The van der Waals surface area contributed by atoms with Gasteiger partial charge in [-0.05, 0) is 55.7 Å². The van der Waals surface area contributed by atoms with Crippen LogP contribution in [0.1, 0.15) is 50.8 Å². The molecule has 4 bridgehead atoms. The predicted molar refractivity (Wildman–Crippen MR) is 118 cm³/mol. The fourth-order valence-electron chi connectivity index (χ4n) is 7.12. The zero-order valence-corrected chi connectivity index (χ0v) is 18.9. The van der Waals surface area contributed by atoms with Crippen LogP contribution in [-0.2, 0) is 26.2 Å². The van der Waals surface area contributed by atoms with Crippen molar-refractivity contribution >= 4 is 22.7 Å². The highest BCUT2D eigenvalue weighted by Crippen LogP contribution is 2.58. The van der Waals surface area contributed by atoms with E-state index >= 15 is 0 Å². The number of benzene rings is 1. The number of nitrogens with zero attached hydrogens (tertiary/aromatic N) is 1. The molecule has 2 saturated heterocycles. The fraction of sp³-hybridized carbons (Fsp3) is 0.600. The zero-order chi connectivity index (χ0) is 21.9. The SMILES string of the molecule is CC[C@H]1C[C@@H]2C[C@@]3(C(=O)OC)c4[nH]c5cc(OC)ccc5c4CCN([C@@H]2CC(C)=O)[C@@H]13. The van der Waals surface area contributed by atoms with Crippen molar-refractivity contribution in [2.24, 2.45) is 11.8 Å². The van der Waals surface area contributed by atoms with Crippen LogP contribution in [0.25, 0.3) is 10.9 Å². The first kappa shape index (κ1) is 20.6. The molecular weight excluding hydrogens is 392 g/mol. The number of esters is 1. The van der Waals surface area contributed by atoms with E-state index in [0.717, 1.165) is 54.6 Å². The van der Waals surface area contributed by atoms with Crippen LogP contribution in [0.3, 0.4) is 0 Å². The third-order valence-corrected chi connectivity index (χ3v) is 8.22. The summed E-state index contributed by atoms with van der Waals surface area (Å²) in [6.07, 6.45) is 4.27. The van der Waals surface area contributed by atoms with Gasteiger partial charge in [0.1, 0.15) is 16.9 Å². The van der Waals surface area contributed by atoms with Crippen LogP contribution in [-0.4, -0.2) is 54.5 Å². The number of ether oxygens (including phenoxy) is 2. The number of nitrogens with one attached hydrogen (secondary N) is 1. The van der Waals surface area contributed by atoms with E-state index in [1.807, 2.05) is 12.1 Å². The number of carbonyl (C=O) groups is 2. The normalized spacial score (nSPS) is 33.6. The minimum absolute atomic E-state index is 0.0514. The van der Waals surface area contributed by atoms with Crippen LogP contribution < -0.4 is 4.74 Å². The number of methoxy groups -OCH3 is 2. The van der Waals surface area contributed by atoms with Gasteiger partial charge in [0, 0.05) is 47.7 Å². The highest BCUT2D eigenvalue weighted by Gasteiger charge is 2.65. The molecule has 31 heavy (non-hydrogen) atoms. The number of Topliss-reactive ketones (excluding diaryl/α,β-unsaturated/α-hetero) is 1. The Morgan fingerprint density at radius 2 is 2.10 bits per heavy atom. The van der Waals surface area contributed by atoms with Gasteiger partial charge in [-0.3, -0.25) is 14.5 Å². The van der Waals surface area contributed by atoms with Crippen LogP contribution >= 0.6 is 0 Å². The lowest BCUT2D eigenvalue weighted by Crippen LogP contribution is -2.70. The lowest BCUT2D eigenvalue weighted by molar-refractivity contribution is -0.169. The summed E-state index contributed by atoms with van der Waals surface area (Å²) in [4.78, 5) is 31.9. The minimum atomic E-state index is -0.719. The fourth-order valence-corrected chi connectivity index (χ4v) is 7.12. The molecular formula is C25H32N2O4. The highest BCUT2D eigenvalue weighted by atomic mass is 16.5. The maximum Gasteiger partial charge on any atom is 0.319 e. The van der Waals surface area contributed by atoms with Gasteiger partial charge in [0.15, 0.2) is 0 Å². The van der Waals surface area contributed by atoms with Crippen LogP contribution in [0.5, 0.6) is 5.75 Å². The number of hydrogen-bond acceptors (Lipinski definition) is 5. The Morgan fingerprint density at radius 1 is 1.29 bits per heavy atom. The van der Waals surface area contributed by atoms with Gasteiger partial charge in [0.25, 0.3) is 0 Å². The summed E-state index contributed by atoms with van der Waals surface area (Å²) < 4.78 is 10.9. The van der Waals surface area contributed by atoms with Gasteiger partial charge in [-0.25, -0.2) is 0 Å². The maximum absolute atomic E-state index is 13.6. The topological polar surface area (TPSA) is 71.6 Å².